The summed E-state index contributed by atoms with van der Waals surface area (Å²) in [4.78, 5) is 15.4. The monoisotopic (exact) mass is 229 g/mol. The Bertz CT molecular complexity index is 311. The second kappa shape index (κ2) is 6.45. The molecule has 0 fully saturated rings. The molecule has 4 nitrogen and oxygen atoms in total. The Morgan fingerprint density at radius 3 is 2.93 bits per heavy atom. The van der Waals surface area contributed by atoms with Crippen molar-refractivity contribution in [3.63, 3.8) is 0 Å². The highest BCUT2D eigenvalue weighted by Gasteiger charge is 2.06. The molecule has 0 aromatic carbocycles. The smallest absolute Gasteiger partial charge is 0.271 e. The van der Waals surface area contributed by atoms with Gasteiger partial charge in [-0.15, -0.1) is 11.6 Å². The zero-order valence-corrected chi connectivity index (χ0v) is 9.63. The number of rotatable bonds is 6. The van der Waals surface area contributed by atoms with Crippen molar-refractivity contribution in [3.05, 3.63) is 18.2 Å². The number of amides is 1. The molecule has 1 aromatic rings. The van der Waals surface area contributed by atoms with Crippen molar-refractivity contribution in [2.24, 2.45) is 7.05 Å². The third-order valence-corrected chi connectivity index (χ3v) is 2.30. The molecule has 0 aliphatic carbocycles. The predicted molar refractivity (Wildman–Crippen MR) is 60.1 cm³/mol. The van der Waals surface area contributed by atoms with Crippen molar-refractivity contribution in [1.29, 1.82) is 0 Å². The number of imidazole rings is 1. The molecule has 1 amide bonds. The number of carbonyl (C=O) groups is 1. The molecule has 0 aliphatic heterocycles. The lowest BCUT2D eigenvalue weighted by molar-refractivity contribution is 0.0948. The van der Waals surface area contributed by atoms with E-state index < -0.39 is 0 Å². The summed E-state index contributed by atoms with van der Waals surface area (Å²) < 4.78 is 1.75. The first kappa shape index (κ1) is 12.0. The molecule has 0 saturated carbocycles. The minimum atomic E-state index is -0.110. The van der Waals surface area contributed by atoms with E-state index in [0.29, 0.717) is 18.1 Å². The number of nitrogens with one attached hydrogen (secondary N) is 1. The molecule has 0 aliphatic rings. The number of carbonyl (C=O) groups excluding carboxylic acids is 1. The third-order valence-electron chi connectivity index (χ3n) is 2.03. The molecule has 0 bridgehead atoms. The summed E-state index contributed by atoms with van der Waals surface area (Å²) >= 11 is 5.54. The summed E-state index contributed by atoms with van der Waals surface area (Å²) in [6, 6.07) is 0. The summed E-state index contributed by atoms with van der Waals surface area (Å²) in [5.41, 5.74) is 0.467. The van der Waals surface area contributed by atoms with Gasteiger partial charge in [-0.05, 0) is 12.8 Å². The van der Waals surface area contributed by atoms with E-state index in [4.69, 9.17) is 11.6 Å². The molecule has 0 radical (unpaired) electrons. The van der Waals surface area contributed by atoms with Crippen molar-refractivity contribution in [1.82, 2.24) is 14.9 Å². The molecule has 1 heterocycles. The number of aryl methyl sites for hydroxylation is 1. The first-order valence-electron chi connectivity index (χ1n) is 5.06. The van der Waals surface area contributed by atoms with E-state index in [-0.39, 0.29) is 5.91 Å². The lowest BCUT2D eigenvalue weighted by atomic mass is 10.2. The van der Waals surface area contributed by atoms with Crippen LogP contribution in [0.15, 0.2) is 12.5 Å². The van der Waals surface area contributed by atoms with Crippen LogP contribution < -0.4 is 5.32 Å². The minimum Gasteiger partial charge on any atom is -0.351 e. The van der Waals surface area contributed by atoms with Crippen LogP contribution in [-0.4, -0.2) is 27.9 Å². The molecule has 84 valence electrons. The van der Waals surface area contributed by atoms with E-state index in [2.05, 4.69) is 10.3 Å². The Morgan fingerprint density at radius 1 is 1.53 bits per heavy atom. The summed E-state index contributed by atoms with van der Waals surface area (Å²) in [6.07, 6.45) is 6.33. The molecule has 0 spiro atoms. The number of nitrogens with zero attached hydrogens (tertiary/aromatic N) is 2. The lowest BCUT2D eigenvalue weighted by Crippen LogP contribution is -2.24. The largest absolute Gasteiger partial charge is 0.351 e. The number of hydrogen-bond acceptors (Lipinski definition) is 2. The Balaban J connectivity index is 2.19. The van der Waals surface area contributed by atoms with Gasteiger partial charge in [0, 0.05) is 25.7 Å². The maximum Gasteiger partial charge on any atom is 0.271 e. The predicted octanol–water partition coefficient (Wildman–Crippen LogP) is 1.56. The van der Waals surface area contributed by atoms with E-state index >= 15 is 0 Å². The van der Waals surface area contributed by atoms with Gasteiger partial charge in [-0.25, -0.2) is 4.98 Å². The van der Waals surface area contributed by atoms with Gasteiger partial charge in [-0.2, -0.15) is 0 Å². The Morgan fingerprint density at radius 2 is 2.33 bits per heavy atom. The number of aromatic nitrogens is 2. The summed E-state index contributed by atoms with van der Waals surface area (Å²) in [6.45, 7) is 0.687. The van der Waals surface area contributed by atoms with E-state index in [1.807, 2.05) is 7.05 Å². The van der Waals surface area contributed by atoms with Crippen LogP contribution >= 0.6 is 11.6 Å². The first-order valence-corrected chi connectivity index (χ1v) is 5.59. The Hall–Kier alpha value is -1.03. The van der Waals surface area contributed by atoms with Crippen molar-refractivity contribution in [3.8, 4) is 0 Å². The van der Waals surface area contributed by atoms with Crippen molar-refractivity contribution < 1.29 is 4.79 Å². The highest BCUT2D eigenvalue weighted by atomic mass is 35.5. The van der Waals surface area contributed by atoms with Crippen LogP contribution in [-0.2, 0) is 7.05 Å². The fraction of sp³-hybridized carbons (Fsp3) is 0.600. The van der Waals surface area contributed by atoms with E-state index in [0.717, 1.165) is 19.3 Å². The van der Waals surface area contributed by atoms with Gasteiger partial charge in [-0.1, -0.05) is 6.42 Å². The number of unbranched alkanes of at least 4 members (excludes halogenated alkanes) is 2. The van der Waals surface area contributed by atoms with Crippen molar-refractivity contribution in [2.45, 2.75) is 19.3 Å². The second-order valence-corrected chi connectivity index (χ2v) is 3.81. The lowest BCUT2D eigenvalue weighted by Gasteiger charge is -2.01. The van der Waals surface area contributed by atoms with Crippen LogP contribution in [0, 0.1) is 0 Å². The fourth-order valence-electron chi connectivity index (χ4n) is 1.22. The summed E-state index contributed by atoms with van der Waals surface area (Å²) in [7, 11) is 1.84. The maximum absolute atomic E-state index is 11.5. The number of alkyl halides is 1. The zero-order chi connectivity index (χ0) is 11.1. The van der Waals surface area contributed by atoms with Gasteiger partial charge >= 0.3 is 0 Å². The van der Waals surface area contributed by atoms with Crippen molar-refractivity contribution in [2.75, 3.05) is 12.4 Å². The minimum absolute atomic E-state index is 0.110. The fourth-order valence-corrected chi connectivity index (χ4v) is 1.41. The molecule has 1 N–H and O–H groups in total. The molecular weight excluding hydrogens is 214 g/mol. The molecular formula is C10H16ClN3O. The molecule has 1 rings (SSSR count). The van der Waals surface area contributed by atoms with Gasteiger partial charge in [-0.3, -0.25) is 4.79 Å². The number of halogens is 1. The van der Waals surface area contributed by atoms with Crippen LogP contribution in [0.4, 0.5) is 0 Å². The zero-order valence-electron chi connectivity index (χ0n) is 8.87. The molecule has 0 saturated heterocycles. The summed E-state index contributed by atoms with van der Waals surface area (Å²) in [5.74, 6) is 0.579. The van der Waals surface area contributed by atoms with Crippen LogP contribution in [0.3, 0.4) is 0 Å². The topological polar surface area (TPSA) is 46.9 Å². The average Bonchev–Trinajstić information content (AvgIpc) is 2.64. The van der Waals surface area contributed by atoms with Crippen LogP contribution in [0.25, 0.3) is 0 Å². The van der Waals surface area contributed by atoms with Gasteiger partial charge in [0.05, 0.1) is 6.33 Å². The van der Waals surface area contributed by atoms with Crippen LogP contribution in [0.5, 0.6) is 0 Å². The SMILES string of the molecule is Cn1cnc(C(=O)NCCCCCCl)c1. The van der Waals surface area contributed by atoms with E-state index in [1.54, 1.807) is 17.1 Å². The summed E-state index contributed by atoms with van der Waals surface area (Å²) in [5, 5.41) is 2.81. The van der Waals surface area contributed by atoms with Crippen LogP contribution in [0.1, 0.15) is 29.8 Å². The second-order valence-electron chi connectivity index (χ2n) is 3.43. The highest BCUT2D eigenvalue weighted by molar-refractivity contribution is 6.17. The Kier molecular flexibility index (Phi) is 5.18. The maximum atomic E-state index is 11.5. The molecule has 0 unspecified atom stereocenters. The molecule has 1 aromatic heterocycles. The number of hydrogen-bond donors (Lipinski definition) is 1. The van der Waals surface area contributed by atoms with Gasteiger partial charge in [0.1, 0.15) is 5.69 Å². The van der Waals surface area contributed by atoms with Gasteiger partial charge < -0.3 is 9.88 Å². The van der Waals surface area contributed by atoms with Gasteiger partial charge in [0.15, 0.2) is 0 Å². The van der Waals surface area contributed by atoms with Gasteiger partial charge in [0.2, 0.25) is 0 Å². The normalized spacial score (nSPS) is 10.3. The quantitative estimate of drug-likeness (QED) is 0.595. The van der Waals surface area contributed by atoms with Gasteiger partial charge in [0.25, 0.3) is 5.91 Å². The first-order chi connectivity index (χ1) is 7.24. The van der Waals surface area contributed by atoms with E-state index in [1.165, 1.54) is 0 Å². The molecule has 0 atom stereocenters. The molecule has 5 heteroatoms. The average molecular weight is 230 g/mol. The standard InChI is InChI=1S/C10H16ClN3O/c1-14-7-9(13-8-14)10(15)12-6-4-2-3-5-11/h7-8H,2-6H2,1H3,(H,12,15). The molecule has 15 heavy (non-hydrogen) atoms. The van der Waals surface area contributed by atoms with Crippen LogP contribution in [0.2, 0.25) is 0 Å². The third kappa shape index (κ3) is 4.34. The van der Waals surface area contributed by atoms with E-state index in [9.17, 15) is 4.79 Å². The van der Waals surface area contributed by atoms with Crippen molar-refractivity contribution >= 4 is 17.5 Å². The Labute approximate surface area is 94.6 Å². The highest BCUT2D eigenvalue weighted by Crippen LogP contribution is 1.97.